The highest BCUT2D eigenvalue weighted by molar-refractivity contribution is 7.98. The molecule has 100 valence electrons. The van der Waals surface area contributed by atoms with Crippen LogP contribution in [0.3, 0.4) is 0 Å². The second-order valence-corrected chi connectivity index (χ2v) is 5.14. The minimum absolute atomic E-state index is 0.0146. The quantitative estimate of drug-likeness (QED) is 0.826. The van der Waals surface area contributed by atoms with Crippen LogP contribution < -0.4 is 0 Å². The summed E-state index contributed by atoms with van der Waals surface area (Å²) in [4.78, 5) is 15.5. The van der Waals surface area contributed by atoms with E-state index in [1.54, 1.807) is 0 Å². The Balaban J connectivity index is 1.90. The van der Waals surface area contributed by atoms with Gasteiger partial charge in [0.25, 0.3) is 0 Å². The van der Waals surface area contributed by atoms with E-state index in [2.05, 4.69) is 10.1 Å². The van der Waals surface area contributed by atoms with E-state index in [1.165, 1.54) is 11.8 Å². The van der Waals surface area contributed by atoms with Gasteiger partial charge in [-0.1, -0.05) is 28.9 Å². The van der Waals surface area contributed by atoms with Gasteiger partial charge in [-0.2, -0.15) is 4.98 Å². The lowest BCUT2D eigenvalue weighted by atomic mass is 10.3. The average Bonchev–Trinajstić information content (AvgIpc) is 2.83. The lowest BCUT2D eigenvalue weighted by Gasteiger charge is -2.00. The van der Waals surface area contributed by atoms with Crippen LogP contribution in [0.1, 0.15) is 18.1 Å². The molecule has 0 amide bonds. The summed E-state index contributed by atoms with van der Waals surface area (Å²) >= 11 is 7.53. The molecule has 0 aliphatic carbocycles. The number of carboxylic acid groups (broad SMARTS) is 1. The van der Waals surface area contributed by atoms with Gasteiger partial charge in [-0.05, 0) is 12.1 Å². The summed E-state index contributed by atoms with van der Waals surface area (Å²) in [6.45, 7) is 0. The van der Waals surface area contributed by atoms with Gasteiger partial charge in [0.15, 0.2) is 5.82 Å². The normalized spacial score (nSPS) is 10.6. The summed E-state index contributed by atoms with van der Waals surface area (Å²) in [6.07, 6.45) is 0.235. The molecule has 2 rings (SSSR count). The third-order valence-corrected chi connectivity index (χ3v) is 3.77. The summed E-state index contributed by atoms with van der Waals surface area (Å²) in [5, 5.41) is 13.0. The van der Waals surface area contributed by atoms with Crippen LogP contribution >= 0.6 is 23.4 Å². The van der Waals surface area contributed by atoms with Gasteiger partial charge < -0.3 is 9.63 Å². The van der Waals surface area contributed by atoms with Crippen molar-refractivity contribution in [1.29, 1.82) is 0 Å². The zero-order valence-electron chi connectivity index (χ0n) is 9.88. The van der Waals surface area contributed by atoms with Crippen LogP contribution in [-0.4, -0.2) is 21.2 Å². The van der Waals surface area contributed by atoms with E-state index in [-0.39, 0.29) is 12.8 Å². The SMILES string of the molecule is O=C(O)CCc1nc(CSc2ccccc2Cl)no1. The monoisotopic (exact) mass is 298 g/mol. The number of rotatable bonds is 6. The second kappa shape index (κ2) is 6.58. The van der Waals surface area contributed by atoms with Crippen LogP contribution in [0, 0.1) is 0 Å². The molecule has 1 heterocycles. The van der Waals surface area contributed by atoms with Crippen molar-refractivity contribution in [3.8, 4) is 0 Å². The zero-order valence-corrected chi connectivity index (χ0v) is 11.4. The first-order chi connectivity index (χ1) is 9.15. The number of carboxylic acids is 1. The van der Waals surface area contributed by atoms with Crippen molar-refractivity contribution < 1.29 is 14.4 Å². The van der Waals surface area contributed by atoms with Crippen LogP contribution in [0.2, 0.25) is 5.02 Å². The number of carbonyl (C=O) groups is 1. The Morgan fingerprint density at radius 3 is 2.95 bits per heavy atom. The molecule has 1 aromatic carbocycles. The van der Waals surface area contributed by atoms with Gasteiger partial charge in [0, 0.05) is 11.3 Å². The summed E-state index contributed by atoms with van der Waals surface area (Å²) in [7, 11) is 0. The Labute approximate surface area is 119 Å². The van der Waals surface area contributed by atoms with Crippen molar-refractivity contribution in [2.24, 2.45) is 0 Å². The summed E-state index contributed by atoms with van der Waals surface area (Å²) in [5.41, 5.74) is 0. The van der Waals surface area contributed by atoms with Gasteiger partial charge in [0.2, 0.25) is 5.89 Å². The number of aliphatic carboxylic acids is 1. The number of benzene rings is 1. The Kier molecular flexibility index (Phi) is 4.81. The first-order valence-corrected chi connectivity index (χ1v) is 6.92. The molecule has 0 radical (unpaired) electrons. The second-order valence-electron chi connectivity index (χ2n) is 3.72. The lowest BCUT2D eigenvalue weighted by Crippen LogP contribution is -1.97. The molecule has 1 N–H and O–H groups in total. The van der Waals surface area contributed by atoms with Gasteiger partial charge in [-0.3, -0.25) is 4.79 Å². The smallest absolute Gasteiger partial charge is 0.303 e. The Morgan fingerprint density at radius 1 is 1.42 bits per heavy atom. The molecule has 2 aromatic rings. The van der Waals surface area contributed by atoms with Crippen LogP contribution in [0.25, 0.3) is 0 Å². The van der Waals surface area contributed by atoms with E-state index in [4.69, 9.17) is 21.2 Å². The number of hydrogen-bond acceptors (Lipinski definition) is 5. The van der Waals surface area contributed by atoms with E-state index < -0.39 is 5.97 Å². The number of aromatic nitrogens is 2. The highest BCUT2D eigenvalue weighted by atomic mass is 35.5. The summed E-state index contributed by atoms with van der Waals surface area (Å²) < 4.78 is 4.96. The Hall–Kier alpha value is -1.53. The van der Waals surface area contributed by atoms with Crippen LogP contribution in [0.15, 0.2) is 33.7 Å². The van der Waals surface area contributed by atoms with E-state index in [9.17, 15) is 4.79 Å². The first-order valence-electron chi connectivity index (χ1n) is 5.56. The molecule has 7 heteroatoms. The Morgan fingerprint density at radius 2 is 2.21 bits per heavy atom. The number of halogens is 1. The molecule has 0 saturated carbocycles. The largest absolute Gasteiger partial charge is 0.481 e. The van der Waals surface area contributed by atoms with Crippen molar-refractivity contribution in [1.82, 2.24) is 10.1 Å². The van der Waals surface area contributed by atoms with Crippen LogP contribution in [-0.2, 0) is 17.0 Å². The van der Waals surface area contributed by atoms with Crippen LogP contribution in [0.4, 0.5) is 0 Å². The first kappa shape index (κ1) is 13.9. The number of hydrogen-bond donors (Lipinski definition) is 1. The van der Waals surface area contributed by atoms with Gasteiger partial charge in [0.05, 0.1) is 17.2 Å². The molecule has 1 aromatic heterocycles. The highest BCUT2D eigenvalue weighted by Crippen LogP contribution is 2.28. The third kappa shape index (κ3) is 4.25. The molecule has 0 aliphatic heterocycles. The molecule has 0 saturated heterocycles. The molecule has 0 bridgehead atoms. The van der Waals surface area contributed by atoms with Crippen molar-refractivity contribution >= 4 is 29.3 Å². The Bertz CT molecular complexity index is 574. The summed E-state index contributed by atoms with van der Waals surface area (Å²) in [6, 6.07) is 7.50. The van der Waals surface area contributed by atoms with E-state index in [0.29, 0.717) is 22.5 Å². The zero-order chi connectivity index (χ0) is 13.7. The predicted molar refractivity (Wildman–Crippen MR) is 71.3 cm³/mol. The maximum Gasteiger partial charge on any atom is 0.303 e. The van der Waals surface area contributed by atoms with Gasteiger partial charge in [0.1, 0.15) is 0 Å². The summed E-state index contributed by atoms with van der Waals surface area (Å²) in [5.74, 6) is 0.521. The maximum atomic E-state index is 10.4. The molecule has 19 heavy (non-hydrogen) atoms. The molecule has 5 nitrogen and oxygen atoms in total. The fourth-order valence-corrected chi connectivity index (χ4v) is 2.45. The number of nitrogens with zero attached hydrogens (tertiary/aromatic N) is 2. The van der Waals surface area contributed by atoms with Gasteiger partial charge in [-0.25, -0.2) is 0 Å². The van der Waals surface area contributed by atoms with Gasteiger partial charge in [-0.15, -0.1) is 11.8 Å². The van der Waals surface area contributed by atoms with E-state index in [0.717, 1.165) is 4.90 Å². The fourth-order valence-electron chi connectivity index (χ4n) is 1.37. The third-order valence-electron chi connectivity index (χ3n) is 2.26. The van der Waals surface area contributed by atoms with Crippen molar-refractivity contribution in [3.05, 3.63) is 41.0 Å². The average molecular weight is 299 g/mol. The molecule has 0 unspecified atom stereocenters. The van der Waals surface area contributed by atoms with E-state index in [1.807, 2.05) is 24.3 Å². The molecular formula is C12H11ClN2O3S. The standard InChI is InChI=1S/C12H11ClN2O3S/c13-8-3-1-2-4-9(8)19-7-10-14-11(18-15-10)5-6-12(16)17/h1-4H,5-7H2,(H,16,17). The molecule has 0 spiro atoms. The maximum absolute atomic E-state index is 10.4. The van der Waals surface area contributed by atoms with Crippen LogP contribution in [0.5, 0.6) is 0 Å². The molecule has 0 atom stereocenters. The minimum Gasteiger partial charge on any atom is -0.481 e. The van der Waals surface area contributed by atoms with Gasteiger partial charge >= 0.3 is 5.97 Å². The van der Waals surface area contributed by atoms with Crippen molar-refractivity contribution in [3.63, 3.8) is 0 Å². The highest BCUT2D eigenvalue weighted by Gasteiger charge is 2.09. The lowest BCUT2D eigenvalue weighted by molar-refractivity contribution is -0.137. The van der Waals surface area contributed by atoms with Crippen molar-refractivity contribution in [2.45, 2.75) is 23.5 Å². The molecule has 0 aliphatic rings. The molecular weight excluding hydrogens is 288 g/mol. The predicted octanol–water partition coefficient (Wildman–Crippen LogP) is 3.03. The fraction of sp³-hybridized carbons (Fsp3) is 0.250. The van der Waals surface area contributed by atoms with E-state index >= 15 is 0 Å². The number of aryl methyl sites for hydroxylation is 1. The van der Waals surface area contributed by atoms with Crippen molar-refractivity contribution in [2.75, 3.05) is 0 Å². The molecule has 0 fully saturated rings. The minimum atomic E-state index is -0.884. The topological polar surface area (TPSA) is 76.2 Å². The number of thioether (sulfide) groups is 1.